The van der Waals surface area contributed by atoms with Gasteiger partial charge in [-0.05, 0) is 31.8 Å². The molecular formula is C18H33NO4. The van der Waals surface area contributed by atoms with Crippen LogP contribution in [0.15, 0.2) is 11.8 Å². The van der Waals surface area contributed by atoms with Crippen LogP contribution in [0.5, 0.6) is 0 Å². The fraction of sp³-hybridized carbons (Fsp3) is 0.833. The van der Waals surface area contributed by atoms with Crippen molar-refractivity contribution in [2.24, 2.45) is 0 Å². The monoisotopic (exact) mass is 327 g/mol. The van der Waals surface area contributed by atoms with Gasteiger partial charge < -0.3 is 5.11 Å². The van der Waals surface area contributed by atoms with Gasteiger partial charge in [0.15, 0.2) is 0 Å². The van der Waals surface area contributed by atoms with E-state index in [0.717, 1.165) is 38.5 Å². The van der Waals surface area contributed by atoms with Crippen LogP contribution in [0.1, 0.15) is 96.8 Å². The maximum absolute atomic E-state index is 11.0. The van der Waals surface area contributed by atoms with Crippen molar-refractivity contribution in [2.75, 3.05) is 0 Å². The molecule has 0 aliphatic carbocycles. The molecule has 0 unspecified atom stereocenters. The van der Waals surface area contributed by atoms with Crippen molar-refractivity contribution in [3.8, 4) is 0 Å². The number of nitrogens with zero attached hydrogens (tertiary/aromatic N) is 1. The van der Waals surface area contributed by atoms with E-state index in [2.05, 4.69) is 6.92 Å². The second-order valence-electron chi connectivity index (χ2n) is 6.17. The van der Waals surface area contributed by atoms with Crippen molar-refractivity contribution in [1.29, 1.82) is 0 Å². The summed E-state index contributed by atoms with van der Waals surface area (Å²) in [4.78, 5) is 21.1. The van der Waals surface area contributed by atoms with Gasteiger partial charge in [0.2, 0.25) is 5.70 Å². The molecular weight excluding hydrogens is 294 g/mol. The average molecular weight is 327 g/mol. The molecule has 0 heterocycles. The topological polar surface area (TPSA) is 80.4 Å². The van der Waals surface area contributed by atoms with E-state index in [-0.39, 0.29) is 11.3 Å². The van der Waals surface area contributed by atoms with E-state index in [1.165, 1.54) is 32.1 Å². The van der Waals surface area contributed by atoms with Crippen LogP contribution < -0.4 is 0 Å². The van der Waals surface area contributed by atoms with Crippen LogP contribution in [0.25, 0.3) is 0 Å². The van der Waals surface area contributed by atoms with E-state index in [0.29, 0.717) is 18.5 Å². The van der Waals surface area contributed by atoms with Gasteiger partial charge in [0, 0.05) is 12.8 Å². The lowest BCUT2D eigenvalue weighted by atomic mass is 10.1. The number of aliphatic carboxylic acids is 1. The molecule has 0 saturated carbocycles. The Balaban J connectivity index is 3.71. The molecule has 0 rings (SSSR count). The number of carbonyl (C=O) groups is 1. The zero-order chi connectivity index (χ0) is 17.3. The smallest absolute Gasteiger partial charge is 0.303 e. The van der Waals surface area contributed by atoms with Crippen LogP contribution in [0.2, 0.25) is 0 Å². The first-order valence-electron chi connectivity index (χ1n) is 9.13. The Morgan fingerprint density at radius 2 is 1.43 bits per heavy atom. The average Bonchev–Trinajstić information content (AvgIpc) is 2.50. The Morgan fingerprint density at radius 1 is 0.913 bits per heavy atom. The predicted octanol–water partition coefficient (Wildman–Crippen LogP) is 5.71. The quantitative estimate of drug-likeness (QED) is 0.223. The van der Waals surface area contributed by atoms with Crippen LogP contribution in [0, 0.1) is 10.1 Å². The molecule has 0 atom stereocenters. The van der Waals surface area contributed by atoms with E-state index < -0.39 is 5.97 Å². The minimum atomic E-state index is -0.754. The van der Waals surface area contributed by atoms with Gasteiger partial charge in [0.25, 0.3) is 0 Å². The highest BCUT2D eigenvalue weighted by Crippen LogP contribution is 2.15. The summed E-state index contributed by atoms with van der Waals surface area (Å²) in [7, 11) is 0. The summed E-state index contributed by atoms with van der Waals surface area (Å²) in [5.41, 5.74) is 0.351. The molecule has 0 aliphatic rings. The highest BCUT2D eigenvalue weighted by atomic mass is 16.6. The van der Waals surface area contributed by atoms with Gasteiger partial charge in [-0.1, -0.05) is 58.3 Å². The molecule has 0 aromatic heterocycles. The van der Waals surface area contributed by atoms with E-state index in [9.17, 15) is 14.9 Å². The van der Waals surface area contributed by atoms with Crippen molar-refractivity contribution in [3.63, 3.8) is 0 Å². The summed E-state index contributed by atoms with van der Waals surface area (Å²) in [6.07, 6.45) is 14.9. The number of allylic oxidation sites excluding steroid dienone is 2. The molecule has 1 N–H and O–H groups in total. The molecule has 23 heavy (non-hydrogen) atoms. The van der Waals surface area contributed by atoms with Crippen LogP contribution in [0.3, 0.4) is 0 Å². The maximum atomic E-state index is 11.0. The van der Waals surface area contributed by atoms with E-state index >= 15 is 0 Å². The van der Waals surface area contributed by atoms with Crippen LogP contribution in [0.4, 0.5) is 0 Å². The zero-order valence-corrected chi connectivity index (χ0v) is 14.6. The van der Waals surface area contributed by atoms with Crippen molar-refractivity contribution in [2.45, 2.75) is 96.8 Å². The van der Waals surface area contributed by atoms with Gasteiger partial charge in [0.05, 0.1) is 4.92 Å². The summed E-state index contributed by atoms with van der Waals surface area (Å²) >= 11 is 0. The SMILES string of the molecule is CCCCCCCCC/C(=C\CCCCCCC(=O)O)[N+](=O)[O-]. The van der Waals surface area contributed by atoms with Gasteiger partial charge in [-0.25, -0.2) is 0 Å². The maximum Gasteiger partial charge on any atom is 0.303 e. The Bertz CT molecular complexity index is 353. The normalized spacial score (nSPS) is 11.6. The van der Waals surface area contributed by atoms with Gasteiger partial charge in [-0.3, -0.25) is 14.9 Å². The number of carboxylic acid groups (broad SMARTS) is 1. The van der Waals surface area contributed by atoms with Crippen molar-refractivity contribution < 1.29 is 14.8 Å². The van der Waals surface area contributed by atoms with Gasteiger partial charge in [-0.15, -0.1) is 0 Å². The number of carboxylic acids is 1. The van der Waals surface area contributed by atoms with Crippen molar-refractivity contribution in [1.82, 2.24) is 0 Å². The highest BCUT2D eigenvalue weighted by Gasteiger charge is 2.09. The van der Waals surface area contributed by atoms with Crippen LogP contribution >= 0.6 is 0 Å². The molecule has 0 aromatic carbocycles. The summed E-state index contributed by atoms with van der Waals surface area (Å²) in [6.45, 7) is 2.19. The number of hydrogen-bond donors (Lipinski definition) is 1. The first-order valence-corrected chi connectivity index (χ1v) is 9.13. The summed E-state index contributed by atoms with van der Waals surface area (Å²) in [6, 6.07) is 0. The standard InChI is InChI=1S/C18H33NO4/c1-2-3-4-5-6-8-11-14-17(19(22)23)15-12-9-7-10-13-16-18(20)21/h15H,2-14,16H2,1H3,(H,20,21)/b17-15+. The Morgan fingerprint density at radius 3 is 2.00 bits per heavy atom. The number of rotatable bonds is 16. The van der Waals surface area contributed by atoms with Crippen LogP contribution in [-0.4, -0.2) is 16.0 Å². The van der Waals surface area contributed by atoms with E-state index in [1.54, 1.807) is 6.08 Å². The van der Waals surface area contributed by atoms with Crippen molar-refractivity contribution in [3.05, 3.63) is 21.9 Å². The van der Waals surface area contributed by atoms with Gasteiger partial charge in [0.1, 0.15) is 0 Å². The minimum Gasteiger partial charge on any atom is -0.481 e. The third-order valence-electron chi connectivity index (χ3n) is 4.00. The van der Waals surface area contributed by atoms with E-state index in [4.69, 9.17) is 5.11 Å². The molecule has 5 heteroatoms. The molecule has 0 aliphatic heterocycles. The Hall–Kier alpha value is -1.39. The van der Waals surface area contributed by atoms with Crippen molar-refractivity contribution >= 4 is 5.97 Å². The first-order chi connectivity index (χ1) is 11.1. The third kappa shape index (κ3) is 15.3. The lowest BCUT2D eigenvalue weighted by Crippen LogP contribution is -1.99. The highest BCUT2D eigenvalue weighted by molar-refractivity contribution is 5.66. The third-order valence-corrected chi connectivity index (χ3v) is 4.00. The summed E-state index contributed by atoms with van der Waals surface area (Å²) in [5.74, 6) is -0.754. The minimum absolute atomic E-state index is 0.217. The lowest BCUT2D eigenvalue weighted by Gasteiger charge is -2.01. The first kappa shape index (κ1) is 21.6. The molecule has 0 fully saturated rings. The summed E-state index contributed by atoms with van der Waals surface area (Å²) in [5, 5.41) is 19.5. The fourth-order valence-corrected chi connectivity index (χ4v) is 2.57. The summed E-state index contributed by atoms with van der Waals surface area (Å²) < 4.78 is 0. The number of hydrogen-bond acceptors (Lipinski definition) is 3. The van der Waals surface area contributed by atoms with Gasteiger partial charge in [-0.2, -0.15) is 0 Å². The number of nitro groups is 1. The molecule has 0 saturated heterocycles. The van der Waals surface area contributed by atoms with Gasteiger partial charge >= 0.3 is 5.97 Å². The molecule has 0 spiro atoms. The zero-order valence-electron chi connectivity index (χ0n) is 14.6. The largest absolute Gasteiger partial charge is 0.481 e. The van der Waals surface area contributed by atoms with Crippen LogP contribution in [-0.2, 0) is 4.79 Å². The second kappa shape index (κ2) is 15.5. The Labute approximate surface area is 140 Å². The molecule has 0 aromatic rings. The molecule has 134 valence electrons. The van der Waals surface area contributed by atoms with E-state index in [1.807, 2.05) is 0 Å². The molecule has 0 bridgehead atoms. The Kier molecular flexibility index (Phi) is 14.6. The molecule has 0 amide bonds. The second-order valence-corrected chi connectivity index (χ2v) is 6.17. The molecule has 0 radical (unpaired) electrons. The predicted molar refractivity (Wildman–Crippen MR) is 93.0 cm³/mol. The molecule has 5 nitrogen and oxygen atoms in total. The lowest BCUT2D eigenvalue weighted by molar-refractivity contribution is -0.428. The number of unbranched alkanes of at least 4 members (excludes halogenated alkanes) is 10. The fourth-order valence-electron chi connectivity index (χ4n) is 2.57.